The van der Waals surface area contributed by atoms with Crippen LogP contribution in [0, 0.1) is 5.41 Å². The minimum Gasteiger partial charge on any atom is -0.381 e. The molecule has 6 heteroatoms. The lowest BCUT2D eigenvalue weighted by molar-refractivity contribution is 0.0534. The molecule has 104 valence electrons. The van der Waals surface area contributed by atoms with Gasteiger partial charge in [-0.05, 0) is 36.8 Å². The van der Waals surface area contributed by atoms with E-state index in [9.17, 15) is 4.79 Å². The van der Waals surface area contributed by atoms with E-state index in [2.05, 4.69) is 20.3 Å². The number of aromatic nitrogens is 3. The minimum absolute atomic E-state index is 0.108. The summed E-state index contributed by atoms with van der Waals surface area (Å²) in [6.07, 6.45) is 4.73. The zero-order valence-electron chi connectivity index (χ0n) is 11.1. The van der Waals surface area contributed by atoms with E-state index in [0.717, 1.165) is 38.0 Å². The predicted octanol–water partition coefficient (Wildman–Crippen LogP) is 1.26. The minimum atomic E-state index is -0.108. The van der Waals surface area contributed by atoms with Crippen LogP contribution in [0.25, 0.3) is 11.2 Å². The summed E-state index contributed by atoms with van der Waals surface area (Å²) in [7, 11) is 0. The molecule has 1 atom stereocenters. The molecule has 2 aromatic rings. The highest BCUT2D eigenvalue weighted by Crippen LogP contribution is 2.53. The van der Waals surface area contributed by atoms with Gasteiger partial charge in [0.1, 0.15) is 5.69 Å². The van der Waals surface area contributed by atoms with Gasteiger partial charge in [-0.2, -0.15) is 0 Å². The van der Waals surface area contributed by atoms with Gasteiger partial charge < -0.3 is 15.0 Å². The summed E-state index contributed by atoms with van der Waals surface area (Å²) in [6, 6.07) is 3.84. The van der Waals surface area contributed by atoms with Crippen LogP contribution in [0.2, 0.25) is 0 Å². The van der Waals surface area contributed by atoms with Crippen molar-refractivity contribution >= 4 is 17.1 Å². The maximum atomic E-state index is 12.2. The van der Waals surface area contributed by atoms with Gasteiger partial charge >= 0.3 is 0 Å². The summed E-state index contributed by atoms with van der Waals surface area (Å²) < 4.78 is 5.39. The summed E-state index contributed by atoms with van der Waals surface area (Å²) in [4.78, 5) is 23.6. The van der Waals surface area contributed by atoms with Crippen molar-refractivity contribution in [3.63, 3.8) is 0 Å². The van der Waals surface area contributed by atoms with E-state index in [-0.39, 0.29) is 17.4 Å². The Morgan fingerprint density at radius 1 is 1.40 bits per heavy atom. The van der Waals surface area contributed by atoms with Gasteiger partial charge in [-0.25, -0.2) is 9.97 Å². The fourth-order valence-corrected chi connectivity index (χ4v) is 3.06. The van der Waals surface area contributed by atoms with Crippen LogP contribution in [0.1, 0.15) is 29.8 Å². The second-order valence-corrected chi connectivity index (χ2v) is 5.68. The number of aromatic amines is 1. The van der Waals surface area contributed by atoms with Gasteiger partial charge in [0, 0.05) is 19.3 Å². The SMILES string of the molecule is O=C(NC1CC12CCOCC2)c1ccc2[nH]cnc2n1. The van der Waals surface area contributed by atoms with Gasteiger partial charge in [0.2, 0.25) is 0 Å². The summed E-state index contributed by atoms with van der Waals surface area (Å²) in [6.45, 7) is 1.62. The van der Waals surface area contributed by atoms with Gasteiger partial charge in [-0.3, -0.25) is 4.79 Å². The first-order chi connectivity index (χ1) is 9.77. The van der Waals surface area contributed by atoms with Crippen LogP contribution in [0.3, 0.4) is 0 Å². The molecule has 20 heavy (non-hydrogen) atoms. The molecule has 1 aliphatic heterocycles. The molecular formula is C14H16N4O2. The zero-order chi connectivity index (χ0) is 13.6. The normalized spacial score (nSPS) is 23.9. The van der Waals surface area contributed by atoms with E-state index < -0.39 is 0 Å². The number of carbonyl (C=O) groups excluding carboxylic acids is 1. The third kappa shape index (κ3) is 1.87. The number of hydrogen-bond acceptors (Lipinski definition) is 4. The Morgan fingerprint density at radius 2 is 2.25 bits per heavy atom. The van der Waals surface area contributed by atoms with E-state index in [1.807, 2.05) is 6.07 Å². The van der Waals surface area contributed by atoms with Crippen molar-refractivity contribution in [1.82, 2.24) is 20.3 Å². The number of nitrogens with one attached hydrogen (secondary N) is 2. The molecule has 0 radical (unpaired) electrons. The van der Waals surface area contributed by atoms with Crippen LogP contribution >= 0.6 is 0 Å². The van der Waals surface area contributed by atoms with Crippen molar-refractivity contribution < 1.29 is 9.53 Å². The molecule has 1 saturated carbocycles. The molecule has 2 N–H and O–H groups in total. The molecule has 0 bridgehead atoms. The van der Waals surface area contributed by atoms with Crippen LogP contribution < -0.4 is 5.32 Å². The van der Waals surface area contributed by atoms with Crippen molar-refractivity contribution in [1.29, 1.82) is 0 Å². The van der Waals surface area contributed by atoms with Crippen molar-refractivity contribution in [3.8, 4) is 0 Å². The van der Waals surface area contributed by atoms with Crippen molar-refractivity contribution in [2.75, 3.05) is 13.2 Å². The Labute approximate surface area is 115 Å². The molecule has 0 aromatic carbocycles. The molecule has 1 spiro atoms. The van der Waals surface area contributed by atoms with Gasteiger partial charge in [0.05, 0.1) is 11.8 Å². The molecule has 4 rings (SSSR count). The van der Waals surface area contributed by atoms with Crippen LogP contribution in [0.15, 0.2) is 18.5 Å². The Hall–Kier alpha value is -1.95. The number of amides is 1. The standard InChI is InChI=1S/C14H16N4O2/c19-13(10-2-1-9-12(17-10)16-8-15-9)18-11-7-14(11)3-5-20-6-4-14/h1-2,8,11H,3-7H2,(H,18,19)(H,15,16,17). The molecule has 1 aliphatic carbocycles. The first-order valence-electron chi connectivity index (χ1n) is 6.96. The molecule has 2 fully saturated rings. The summed E-state index contributed by atoms with van der Waals surface area (Å²) >= 11 is 0. The number of carbonyl (C=O) groups is 1. The van der Waals surface area contributed by atoms with Crippen LogP contribution in [0.4, 0.5) is 0 Å². The molecule has 1 unspecified atom stereocenters. The molecular weight excluding hydrogens is 256 g/mol. The number of rotatable bonds is 2. The monoisotopic (exact) mass is 272 g/mol. The summed E-state index contributed by atoms with van der Waals surface area (Å²) in [5, 5.41) is 3.09. The smallest absolute Gasteiger partial charge is 0.270 e. The third-order valence-corrected chi connectivity index (χ3v) is 4.50. The lowest BCUT2D eigenvalue weighted by Crippen LogP contribution is -2.32. The Balaban J connectivity index is 1.48. The van der Waals surface area contributed by atoms with Crippen LogP contribution in [0.5, 0.6) is 0 Å². The number of pyridine rings is 1. The lowest BCUT2D eigenvalue weighted by atomic mass is 9.96. The molecule has 3 heterocycles. The number of H-pyrrole nitrogens is 1. The Morgan fingerprint density at radius 3 is 3.10 bits per heavy atom. The quantitative estimate of drug-likeness (QED) is 0.862. The average molecular weight is 272 g/mol. The molecule has 1 saturated heterocycles. The van der Waals surface area contributed by atoms with Crippen molar-refractivity contribution in [2.45, 2.75) is 25.3 Å². The molecule has 1 amide bonds. The second-order valence-electron chi connectivity index (χ2n) is 5.68. The lowest BCUT2D eigenvalue weighted by Gasteiger charge is -2.22. The first-order valence-corrected chi connectivity index (χ1v) is 6.96. The van der Waals surface area contributed by atoms with Crippen molar-refractivity contribution in [3.05, 3.63) is 24.2 Å². The number of imidazole rings is 1. The average Bonchev–Trinajstić information content (AvgIpc) is 2.92. The maximum absolute atomic E-state index is 12.2. The van der Waals surface area contributed by atoms with E-state index >= 15 is 0 Å². The van der Waals surface area contributed by atoms with Gasteiger partial charge in [-0.15, -0.1) is 0 Å². The Bertz CT molecular complexity index is 660. The highest BCUT2D eigenvalue weighted by molar-refractivity contribution is 5.94. The van der Waals surface area contributed by atoms with Gasteiger partial charge in [0.25, 0.3) is 5.91 Å². The van der Waals surface area contributed by atoms with Crippen molar-refractivity contribution in [2.24, 2.45) is 5.41 Å². The molecule has 6 nitrogen and oxygen atoms in total. The highest BCUT2D eigenvalue weighted by Gasteiger charge is 2.55. The van der Waals surface area contributed by atoms with Crippen LogP contribution in [-0.2, 0) is 4.74 Å². The molecule has 2 aromatic heterocycles. The number of nitrogens with zero attached hydrogens (tertiary/aromatic N) is 2. The maximum Gasteiger partial charge on any atom is 0.270 e. The summed E-state index contributed by atoms with van der Waals surface area (Å²) in [5.41, 5.74) is 2.13. The number of hydrogen-bond donors (Lipinski definition) is 2. The molecule has 2 aliphatic rings. The van der Waals surface area contributed by atoms with E-state index in [1.54, 1.807) is 12.4 Å². The fourth-order valence-electron chi connectivity index (χ4n) is 3.06. The zero-order valence-corrected chi connectivity index (χ0v) is 11.1. The largest absolute Gasteiger partial charge is 0.381 e. The summed E-state index contributed by atoms with van der Waals surface area (Å²) in [5.74, 6) is -0.108. The van der Waals surface area contributed by atoms with E-state index in [0.29, 0.717) is 11.3 Å². The first kappa shape index (κ1) is 11.8. The Kier molecular flexibility index (Phi) is 2.53. The van der Waals surface area contributed by atoms with E-state index in [1.165, 1.54) is 0 Å². The predicted molar refractivity (Wildman–Crippen MR) is 72.2 cm³/mol. The van der Waals surface area contributed by atoms with Gasteiger partial charge in [0.15, 0.2) is 5.65 Å². The number of fused-ring (bicyclic) bond motifs is 1. The van der Waals surface area contributed by atoms with E-state index in [4.69, 9.17) is 4.74 Å². The van der Waals surface area contributed by atoms with Gasteiger partial charge in [-0.1, -0.05) is 0 Å². The van der Waals surface area contributed by atoms with Crippen LogP contribution in [-0.4, -0.2) is 40.1 Å². The topological polar surface area (TPSA) is 79.9 Å². The highest BCUT2D eigenvalue weighted by atomic mass is 16.5. The second kappa shape index (κ2) is 4.28. The number of ether oxygens (including phenoxy) is 1. The third-order valence-electron chi connectivity index (χ3n) is 4.50. The fraction of sp³-hybridized carbons (Fsp3) is 0.500.